The third kappa shape index (κ3) is 2.24. The zero-order valence-electron chi connectivity index (χ0n) is 7.58. The maximum atomic E-state index is 11.6. The van der Waals surface area contributed by atoms with Crippen LogP contribution in [0, 0.1) is 5.41 Å². The predicted molar refractivity (Wildman–Crippen MR) is 54.7 cm³/mol. The second kappa shape index (κ2) is 4.11. The van der Waals surface area contributed by atoms with Crippen LogP contribution in [0.1, 0.15) is 20.3 Å². The molecule has 0 radical (unpaired) electrons. The second-order valence-corrected chi connectivity index (χ2v) is 6.94. The number of hydrogen-bond acceptors (Lipinski definition) is 3. The third-order valence-corrected chi connectivity index (χ3v) is 6.37. The van der Waals surface area contributed by atoms with Gasteiger partial charge in [0.1, 0.15) is 0 Å². The van der Waals surface area contributed by atoms with Crippen molar-refractivity contribution in [3.63, 3.8) is 0 Å². The van der Waals surface area contributed by atoms with Crippen LogP contribution in [0.2, 0.25) is 0 Å². The molecule has 1 heterocycles. The number of thioether (sulfide) groups is 1. The van der Waals surface area contributed by atoms with Gasteiger partial charge >= 0.3 is 0 Å². The lowest BCUT2D eigenvalue weighted by molar-refractivity contribution is 0.173. The predicted octanol–water partition coefficient (Wildman–Crippen LogP) is 1.22. The van der Waals surface area contributed by atoms with Crippen LogP contribution in [0.15, 0.2) is 0 Å². The van der Waals surface area contributed by atoms with E-state index in [1.54, 1.807) is 11.8 Å². The molecule has 12 heavy (non-hydrogen) atoms. The van der Waals surface area contributed by atoms with Gasteiger partial charge in [0.05, 0.1) is 11.2 Å². The molecule has 0 aromatic heterocycles. The fourth-order valence-electron chi connectivity index (χ4n) is 1.23. The fourth-order valence-corrected chi connectivity index (χ4v) is 5.08. The normalized spacial score (nSPS) is 31.9. The fraction of sp³-hybridized carbons (Fsp3) is 1.00. The lowest BCUT2D eigenvalue weighted by Gasteiger charge is -2.33. The molecule has 0 bridgehead atoms. The molecule has 2 nitrogen and oxygen atoms in total. The SMILES string of the molecule is CC(C)(CO)C1SCCCS1=O. The Morgan fingerprint density at radius 3 is 2.83 bits per heavy atom. The highest BCUT2D eigenvalue weighted by Crippen LogP contribution is 2.36. The zero-order valence-corrected chi connectivity index (χ0v) is 9.21. The van der Waals surface area contributed by atoms with Crippen molar-refractivity contribution in [2.45, 2.75) is 24.9 Å². The Bertz CT molecular complexity index is 180. The summed E-state index contributed by atoms with van der Waals surface area (Å²) < 4.78 is 11.7. The van der Waals surface area contributed by atoms with E-state index in [0.29, 0.717) is 0 Å². The Hall–Kier alpha value is 0.460. The van der Waals surface area contributed by atoms with Crippen molar-refractivity contribution in [3.05, 3.63) is 0 Å². The molecule has 1 fully saturated rings. The highest BCUT2D eigenvalue weighted by atomic mass is 32.2. The largest absolute Gasteiger partial charge is 0.396 e. The summed E-state index contributed by atoms with van der Waals surface area (Å²) >= 11 is 1.74. The van der Waals surface area contributed by atoms with Gasteiger partial charge in [-0.3, -0.25) is 4.21 Å². The van der Waals surface area contributed by atoms with E-state index < -0.39 is 10.8 Å². The summed E-state index contributed by atoms with van der Waals surface area (Å²) in [5.41, 5.74) is -0.198. The van der Waals surface area contributed by atoms with E-state index in [1.807, 2.05) is 13.8 Å². The Morgan fingerprint density at radius 2 is 2.33 bits per heavy atom. The number of rotatable bonds is 2. The van der Waals surface area contributed by atoms with Crippen LogP contribution >= 0.6 is 11.8 Å². The number of aliphatic hydroxyl groups is 1. The summed E-state index contributed by atoms with van der Waals surface area (Å²) in [6, 6.07) is 0. The standard InChI is InChI=1S/C8H16O2S2/c1-8(2,6-9)7-11-4-3-5-12(7)10/h7,9H,3-6H2,1-2H3. The highest BCUT2D eigenvalue weighted by molar-refractivity contribution is 8.11. The van der Waals surface area contributed by atoms with Gasteiger partial charge in [-0.25, -0.2) is 0 Å². The maximum Gasteiger partial charge on any atom is 0.0873 e. The molecule has 1 aliphatic rings. The summed E-state index contributed by atoms with van der Waals surface area (Å²) in [5.74, 6) is 1.89. The zero-order chi connectivity index (χ0) is 9.19. The van der Waals surface area contributed by atoms with E-state index >= 15 is 0 Å². The molecule has 72 valence electrons. The Kier molecular flexibility index (Phi) is 3.61. The van der Waals surface area contributed by atoms with E-state index in [2.05, 4.69) is 0 Å². The van der Waals surface area contributed by atoms with Gasteiger partial charge in [0.2, 0.25) is 0 Å². The molecule has 0 aliphatic carbocycles. The van der Waals surface area contributed by atoms with Crippen molar-refractivity contribution in [1.82, 2.24) is 0 Å². The van der Waals surface area contributed by atoms with Gasteiger partial charge in [-0.2, -0.15) is 0 Å². The first-order valence-electron chi connectivity index (χ1n) is 4.17. The van der Waals surface area contributed by atoms with E-state index in [1.165, 1.54) is 0 Å². The van der Waals surface area contributed by atoms with E-state index in [4.69, 9.17) is 5.11 Å². The Morgan fingerprint density at radius 1 is 1.67 bits per heavy atom. The minimum atomic E-state index is -0.744. The quantitative estimate of drug-likeness (QED) is 0.741. The van der Waals surface area contributed by atoms with Crippen LogP contribution in [0.4, 0.5) is 0 Å². The highest BCUT2D eigenvalue weighted by Gasteiger charge is 2.35. The number of hydrogen-bond donors (Lipinski definition) is 1. The molecule has 2 atom stereocenters. The first-order chi connectivity index (χ1) is 5.58. The average molecular weight is 208 g/mol. The molecule has 0 amide bonds. The summed E-state index contributed by atoms with van der Waals surface area (Å²) in [5, 5.41) is 9.12. The van der Waals surface area contributed by atoms with Crippen LogP contribution in [0.25, 0.3) is 0 Å². The minimum Gasteiger partial charge on any atom is -0.396 e. The first-order valence-corrected chi connectivity index (χ1v) is 6.60. The van der Waals surface area contributed by atoms with Crippen molar-refractivity contribution in [1.29, 1.82) is 0 Å². The van der Waals surface area contributed by atoms with Crippen molar-refractivity contribution < 1.29 is 9.32 Å². The molecule has 1 saturated heterocycles. The van der Waals surface area contributed by atoms with Crippen molar-refractivity contribution in [2.75, 3.05) is 18.1 Å². The molecule has 0 aromatic carbocycles. The number of aliphatic hydroxyl groups excluding tert-OH is 1. The summed E-state index contributed by atoms with van der Waals surface area (Å²) in [6.45, 7) is 4.08. The topological polar surface area (TPSA) is 37.3 Å². The summed E-state index contributed by atoms with van der Waals surface area (Å²) in [7, 11) is -0.744. The van der Waals surface area contributed by atoms with Crippen LogP contribution < -0.4 is 0 Å². The lowest BCUT2D eigenvalue weighted by atomic mass is 9.98. The maximum absolute atomic E-state index is 11.6. The minimum absolute atomic E-state index is 0.121. The van der Waals surface area contributed by atoms with Crippen molar-refractivity contribution in [2.24, 2.45) is 5.41 Å². The third-order valence-electron chi connectivity index (χ3n) is 2.04. The van der Waals surface area contributed by atoms with Crippen molar-refractivity contribution >= 4 is 22.6 Å². The van der Waals surface area contributed by atoms with Gasteiger partial charge < -0.3 is 5.11 Å². The van der Waals surface area contributed by atoms with Crippen molar-refractivity contribution in [3.8, 4) is 0 Å². The summed E-state index contributed by atoms with van der Waals surface area (Å²) in [6.07, 6.45) is 1.05. The van der Waals surface area contributed by atoms with Crippen LogP contribution in [0.5, 0.6) is 0 Å². The molecular weight excluding hydrogens is 192 g/mol. The molecule has 0 spiro atoms. The molecule has 2 unspecified atom stereocenters. The van der Waals surface area contributed by atoms with Gasteiger partial charge in [0, 0.05) is 22.0 Å². The lowest BCUT2D eigenvalue weighted by Crippen LogP contribution is -2.37. The Labute approximate surface area is 80.6 Å². The smallest absolute Gasteiger partial charge is 0.0873 e. The molecule has 1 rings (SSSR count). The van der Waals surface area contributed by atoms with E-state index in [0.717, 1.165) is 17.9 Å². The van der Waals surface area contributed by atoms with Crippen LogP contribution in [-0.4, -0.2) is 32.0 Å². The second-order valence-electron chi connectivity index (χ2n) is 3.79. The van der Waals surface area contributed by atoms with Gasteiger partial charge in [-0.05, 0) is 12.2 Å². The molecule has 4 heteroatoms. The molecule has 1 N–H and O–H groups in total. The van der Waals surface area contributed by atoms with Crippen LogP contribution in [-0.2, 0) is 10.8 Å². The average Bonchev–Trinajstić information content (AvgIpc) is 2.05. The van der Waals surface area contributed by atoms with E-state index in [-0.39, 0.29) is 16.6 Å². The van der Waals surface area contributed by atoms with Crippen LogP contribution in [0.3, 0.4) is 0 Å². The van der Waals surface area contributed by atoms with Gasteiger partial charge in [0.15, 0.2) is 0 Å². The van der Waals surface area contributed by atoms with Gasteiger partial charge in [-0.15, -0.1) is 11.8 Å². The molecule has 0 aromatic rings. The molecular formula is C8H16O2S2. The Balaban J connectivity index is 2.65. The molecule has 0 saturated carbocycles. The molecule has 1 aliphatic heterocycles. The van der Waals surface area contributed by atoms with Gasteiger partial charge in [-0.1, -0.05) is 13.8 Å². The van der Waals surface area contributed by atoms with Gasteiger partial charge in [0.25, 0.3) is 0 Å². The van der Waals surface area contributed by atoms with E-state index in [9.17, 15) is 4.21 Å². The summed E-state index contributed by atoms with van der Waals surface area (Å²) in [4.78, 5) is 0. The first kappa shape index (κ1) is 10.5. The monoisotopic (exact) mass is 208 g/mol.